The van der Waals surface area contributed by atoms with Crippen LogP contribution in [-0.2, 0) is 4.74 Å². The highest BCUT2D eigenvalue weighted by molar-refractivity contribution is 5.10. The van der Waals surface area contributed by atoms with Gasteiger partial charge in [-0.15, -0.1) is 0 Å². The third-order valence-corrected chi connectivity index (χ3v) is 2.58. The van der Waals surface area contributed by atoms with E-state index in [2.05, 4.69) is 6.07 Å². The topological polar surface area (TPSA) is 46.2 Å². The first-order valence-corrected chi connectivity index (χ1v) is 4.94. The summed E-state index contributed by atoms with van der Waals surface area (Å²) >= 11 is 0. The van der Waals surface area contributed by atoms with Gasteiger partial charge in [0, 0.05) is 5.56 Å². The number of hydrogen-bond donors (Lipinski definition) is 0. The molecule has 14 heavy (non-hydrogen) atoms. The van der Waals surface area contributed by atoms with E-state index >= 15 is 0 Å². The molecule has 2 unspecified atom stereocenters. The first-order chi connectivity index (χ1) is 6.90. The maximum Gasteiger partial charge on any atom is 0.0960 e. The molecule has 1 saturated heterocycles. The summed E-state index contributed by atoms with van der Waals surface area (Å²) in [7, 11) is 0. The molecule has 1 aliphatic heterocycles. The lowest BCUT2D eigenvalue weighted by Gasteiger charge is -2.28. The van der Waals surface area contributed by atoms with Crippen molar-refractivity contribution in [3.8, 4) is 6.07 Å². The Morgan fingerprint density at radius 2 is 2.43 bits per heavy atom. The van der Waals surface area contributed by atoms with E-state index in [4.69, 9.17) is 14.4 Å². The second-order valence-corrected chi connectivity index (χ2v) is 3.60. The van der Waals surface area contributed by atoms with Gasteiger partial charge in [-0.05, 0) is 25.3 Å². The van der Waals surface area contributed by atoms with Crippen LogP contribution in [-0.4, -0.2) is 6.10 Å². The van der Waals surface area contributed by atoms with Gasteiger partial charge in [0.15, 0.2) is 0 Å². The molecule has 1 aromatic rings. The Balaban J connectivity index is 1.98. The third-order valence-electron chi connectivity index (χ3n) is 2.58. The van der Waals surface area contributed by atoms with Crippen LogP contribution in [0.1, 0.15) is 37.4 Å². The van der Waals surface area contributed by atoms with E-state index in [0.717, 1.165) is 24.8 Å². The zero-order valence-electron chi connectivity index (χ0n) is 7.98. The summed E-state index contributed by atoms with van der Waals surface area (Å²) in [6.07, 6.45) is 7.26. The van der Waals surface area contributed by atoms with E-state index in [-0.39, 0.29) is 12.2 Å². The molecule has 0 aromatic carbocycles. The molecule has 2 rings (SSSR count). The van der Waals surface area contributed by atoms with E-state index in [1.807, 2.05) is 6.07 Å². The molecule has 0 bridgehead atoms. The molecule has 0 N–H and O–H groups in total. The Bertz CT molecular complexity index is 313. The highest BCUT2D eigenvalue weighted by Gasteiger charge is 2.23. The van der Waals surface area contributed by atoms with Gasteiger partial charge in [0.05, 0.1) is 37.2 Å². The van der Waals surface area contributed by atoms with Crippen LogP contribution in [0.2, 0.25) is 0 Å². The molecular formula is C11H13NO2. The average Bonchev–Trinajstić information content (AvgIpc) is 2.71. The van der Waals surface area contributed by atoms with Gasteiger partial charge in [-0.2, -0.15) is 5.26 Å². The predicted molar refractivity (Wildman–Crippen MR) is 50.4 cm³/mol. The van der Waals surface area contributed by atoms with E-state index in [9.17, 15) is 0 Å². The fourth-order valence-electron chi connectivity index (χ4n) is 1.85. The molecule has 3 heteroatoms. The summed E-state index contributed by atoms with van der Waals surface area (Å²) in [6, 6.07) is 4.08. The van der Waals surface area contributed by atoms with Crippen LogP contribution in [0.3, 0.4) is 0 Å². The van der Waals surface area contributed by atoms with Gasteiger partial charge < -0.3 is 9.15 Å². The minimum absolute atomic E-state index is 0.105. The number of nitriles is 1. The second kappa shape index (κ2) is 4.30. The van der Waals surface area contributed by atoms with Gasteiger partial charge in [-0.3, -0.25) is 0 Å². The molecule has 1 aliphatic rings. The van der Waals surface area contributed by atoms with Crippen LogP contribution < -0.4 is 0 Å². The van der Waals surface area contributed by atoms with Crippen molar-refractivity contribution < 1.29 is 9.15 Å². The first-order valence-electron chi connectivity index (χ1n) is 4.94. The molecule has 2 heterocycles. The smallest absolute Gasteiger partial charge is 0.0960 e. The van der Waals surface area contributed by atoms with Crippen LogP contribution in [0.15, 0.2) is 23.0 Å². The Morgan fingerprint density at radius 3 is 3.14 bits per heavy atom. The molecule has 0 amide bonds. The summed E-state index contributed by atoms with van der Waals surface area (Å²) in [4.78, 5) is 0. The van der Waals surface area contributed by atoms with Crippen LogP contribution >= 0.6 is 0 Å². The number of rotatable bonds is 2. The minimum Gasteiger partial charge on any atom is -0.472 e. The van der Waals surface area contributed by atoms with Crippen molar-refractivity contribution in [2.45, 2.75) is 37.9 Å². The normalized spacial score (nSPS) is 27.1. The summed E-state index contributed by atoms with van der Waals surface area (Å²) < 4.78 is 10.8. The van der Waals surface area contributed by atoms with E-state index < -0.39 is 0 Å². The summed E-state index contributed by atoms with van der Waals surface area (Å²) in [6.45, 7) is 0. The van der Waals surface area contributed by atoms with E-state index in [1.165, 1.54) is 0 Å². The fourth-order valence-corrected chi connectivity index (χ4v) is 1.85. The van der Waals surface area contributed by atoms with Crippen molar-refractivity contribution in [1.29, 1.82) is 5.26 Å². The lowest BCUT2D eigenvalue weighted by molar-refractivity contribution is -0.0488. The summed E-state index contributed by atoms with van der Waals surface area (Å²) in [5, 5.41) is 8.59. The van der Waals surface area contributed by atoms with Gasteiger partial charge in [0.1, 0.15) is 0 Å². The van der Waals surface area contributed by atoms with Crippen LogP contribution in [0.5, 0.6) is 0 Å². The van der Waals surface area contributed by atoms with E-state index in [0.29, 0.717) is 6.42 Å². The molecule has 0 spiro atoms. The maximum absolute atomic E-state index is 8.59. The van der Waals surface area contributed by atoms with Crippen LogP contribution in [0, 0.1) is 11.3 Å². The molecule has 0 aliphatic carbocycles. The van der Waals surface area contributed by atoms with Crippen molar-refractivity contribution >= 4 is 0 Å². The minimum atomic E-state index is 0.105. The van der Waals surface area contributed by atoms with Crippen molar-refractivity contribution in [3.63, 3.8) is 0 Å². The summed E-state index contributed by atoms with van der Waals surface area (Å²) in [5.74, 6) is 0. The van der Waals surface area contributed by atoms with Crippen LogP contribution in [0.4, 0.5) is 0 Å². The van der Waals surface area contributed by atoms with Gasteiger partial charge >= 0.3 is 0 Å². The fraction of sp³-hybridized carbons (Fsp3) is 0.545. The van der Waals surface area contributed by atoms with E-state index in [1.54, 1.807) is 12.5 Å². The lowest BCUT2D eigenvalue weighted by atomic mass is 9.99. The Labute approximate surface area is 83.3 Å². The molecule has 1 fully saturated rings. The molecule has 2 atom stereocenters. The van der Waals surface area contributed by atoms with Crippen molar-refractivity contribution in [2.75, 3.05) is 0 Å². The third kappa shape index (κ3) is 1.97. The zero-order valence-corrected chi connectivity index (χ0v) is 7.98. The summed E-state index contributed by atoms with van der Waals surface area (Å²) in [5.41, 5.74) is 1.09. The lowest BCUT2D eigenvalue weighted by Crippen LogP contribution is -2.21. The standard InChI is InChI=1S/C11H13NO2/c12-6-4-10-2-1-3-11(14-10)9-5-7-13-8-9/h5,7-8,10-11H,1-4H2. The van der Waals surface area contributed by atoms with Gasteiger partial charge in [-0.1, -0.05) is 0 Å². The highest BCUT2D eigenvalue weighted by Crippen LogP contribution is 2.32. The molecular weight excluding hydrogens is 178 g/mol. The van der Waals surface area contributed by atoms with Gasteiger partial charge in [0.25, 0.3) is 0 Å². The number of hydrogen-bond acceptors (Lipinski definition) is 3. The predicted octanol–water partition coefficient (Wildman–Crippen LogP) is 2.80. The van der Waals surface area contributed by atoms with Crippen molar-refractivity contribution in [2.24, 2.45) is 0 Å². The molecule has 0 radical (unpaired) electrons. The number of ether oxygens (including phenoxy) is 1. The molecule has 0 saturated carbocycles. The Kier molecular flexibility index (Phi) is 2.85. The molecule has 1 aromatic heterocycles. The van der Waals surface area contributed by atoms with Crippen LogP contribution in [0.25, 0.3) is 0 Å². The van der Waals surface area contributed by atoms with Crippen molar-refractivity contribution in [1.82, 2.24) is 0 Å². The zero-order chi connectivity index (χ0) is 9.80. The Morgan fingerprint density at radius 1 is 1.50 bits per heavy atom. The molecule has 3 nitrogen and oxygen atoms in total. The largest absolute Gasteiger partial charge is 0.472 e. The highest BCUT2D eigenvalue weighted by atomic mass is 16.5. The van der Waals surface area contributed by atoms with Gasteiger partial charge in [0.2, 0.25) is 0 Å². The maximum atomic E-state index is 8.59. The SMILES string of the molecule is N#CCC1CCCC(c2ccoc2)O1. The van der Waals surface area contributed by atoms with Gasteiger partial charge in [-0.25, -0.2) is 0 Å². The molecule has 74 valence electrons. The van der Waals surface area contributed by atoms with Crippen molar-refractivity contribution in [3.05, 3.63) is 24.2 Å². The monoisotopic (exact) mass is 191 g/mol. The first kappa shape index (κ1) is 9.29. The number of furan rings is 1. The number of nitrogens with zero attached hydrogens (tertiary/aromatic N) is 1. The average molecular weight is 191 g/mol. The second-order valence-electron chi connectivity index (χ2n) is 3.60. The quantitative estimate of drug-likeness (QED) is 0.722. The Hall–Kier alpha value is -1.27.